The fourth-order valence-electron chi connectivity index (χ4n) is 5.31. The second kappa shape index (κ2) is 19.7. The van der Waals surface area contributed by atoms with Crippen molar-refractivity contribution in [3.05, 3.63) is 102 Å². The Bertz CT molecular complexity index is 3020. The number of hydrogen-bond donors (Lipinski definition) is 5. The fraction of sp³-hybridized carbons (Fsp3) is 0.150. The molecular weight excluding hydrogens is 853 g/mol. The monoisotopic (exact) mass is 892 g/mol. The number of nitrogens with two attached hydrogens (primary N) is 1. The average molecular weight is 893 g/mol. The molecule has 320 valence electrons. The predicted molar refractivity (Wildman–Crippen MR) is 231 cm³/mol. The zero-order valence-electron chi connectivity index (χ0n) is 33.0. The number of benzene rings is 6. The summed E-state index contributed by atoms with van der Waals surface area (Å²) in [6.07, 6.45) is 3.37. The van der Waals surface area contributed by atoms with Crippen LogP contribution >= 0.6 is 0 Å². The highest BCUT2D eigenvalue weighted by Gasteiger charge is 2.22. The number of unbranched alkanes of at least 4 members (excludes halogenated alkanes) is 1. The molecule has 0 fully saturated rings. The number of aromatic hydroxyl groups is 1. The molecule has 6 N–H and O–H groups in total. The van der Waals surface area contributed by atoms with Gasteiger partial charge in [0.1, 0.15) is 33.3 Å². The van der Waals surface area contributed by atoms with Crippen LogP contribution in [0.2, 0.25) is 0 Å². The fourth-order valence-corrected chi connectivity index (χ4v) is 7.21. The van der Waals surface area contributed by atoms with E-state index in [0.29, 0.717) is 50.5 Å². The Hall–Kier alpha value is -6.49. The molecule has 0 aliphatic carbocycles. The van der Waals surface area contributed by atoms with E-state index in [1.807, 2.05) is 0 Å². The summed E-state index contributed by atoms with van der Waals surface area (Å²) in [6, 6.07) is 21.9. The normalized spacial score (nSPS) is 11.9. The summed E-state index contributed by atoms with van der Waals surface area (Å²) in [5.41, 5.74) is 7.91. The molecule has 0 atom stereocenters. The maximum atomic E-state index is 11.8. The molecule has 0 aromatic heterocycles. The Morgan fingerprint density at radius 2 is 1.20 bits per heavy atom. The van der Waals surface area contributed by atoms with Crippen molar-refractivity contribution in [2.24, 2.45) is 25.4 Å². The highest BCUT2D eigenvalue weighted by atomic mass is 32.2. The van der Waals surface area contributed by atoms with E-state index in [1.54, 1.807) is 54.6 Å². The van der Waals surface area contributed by atoms with Crippen LogP contribution in [0.25, 0.3) is 21.5 Å². The number of methoxy groups -OCH3 is 1. The van der Waals surface area contributed by atoms with Crippen molar-refractivity contribution in [3.8, 4) is 11.5 Å². The summed E-state index contributed by atoms with van der Waals surface area (Å²) >= 11 is 0. The SMILES string of the molecule is C=Nc1ccc(N=Nc2ccc(N=Nc3ccc(C=O)cc3)c3ccc(S(=O)(=O)O)cc23)c(OC)c1.CCCC.Cc1c(S(=O)(=O)O)cc2cc(S(=O)(=O)O)c(N)cc2c1O. The van der Waals surface area contributed by atoms with Gasteiger partial charge in [-0.15, -0.1) is 15.3 Å². The molecule has 0 unspecified atom stereocenters. The number of phenols is 1. The quantitative estimate of drug-likeness (QED) is 0.0266. The molecule has 6 aromatic rings. The van der Waals surface area contributed by atoms with E-state index >= 15 is 0 Å². The van der Waals surface area contributed by atoms with E-state index in [2.05, 4.69) is 46.0 Å². The topological polar surface area (TPSA) is 297 Å². The van der Waals surface area contributed by atoms with E-state index in [1.165, 1.54) is 45.1 Å². The minimum absolute atomic E-state index is 0.0208. The van der Waals surface area contributed by atoms with Gasteiger partial charge in [0, 0.05) is 33.4 Å². The van der Waals surface area contributed by atoms with E-state index < -0.39 is 45.9 Å². The molecule has 6 aromatic carbocycles. The number of phenolic OH excluding ortho intramolecular Hbond substituents is 1. The van der Waals surface area contributed by atoms with Gasteiger partial charge in [0.2, 0.25) is 0 Å². The smallest absolute Gasteiger partial charge is 0.296 e. The van der Waals surface area contributed by atoms with Crippen molar-refractivity contribution in [2.45, 2.75) is 48.3 Å². The van der Waals surface area contributed by atoms with Crippen molar-refractivity contribution < 1.29 is 53.5 Å². The number of ether oxygens (including phenoxy) is 1. The molecule has 0 aliphatic heterocycles. The number of hydrogen-bond acceptors (Lipinski definition) is 15. The van der Waals surface area contributed by atoms with E-state index in [9.17, 15) is 39.7 Å². The van der Waals surface area contributed by atoms with Crippen LogP contribution in [-0.2, 0) is 30.4 Å². The standard InChI is InChI=1S/C25H19N5O5S.C11H11NO7S2.C4H10/c1-26-18-7-10-24(25(13-18)35-2)30-29-23-12-11-22(28-27-17-5-3-16(15-31)4-6-17)20-9-8-19(14-21(20)23)36(32,33)34;1-5-9(20(14,15)16)2-6-3-10(21(17,18)19)8(12)4-7(6)11(5)13;1-3-4-2/h3-15H,1H2,2H3,(H,32,33,34);2-4,13H,12H2,1H3,(H,14,15,16)(H,17,18,19);3-4H2,1-2H3. The van der Waals surface area contributed by atoms with Gasteiger partial charge in [0.15, 0.2) is 0 Å². The van der Waals surface area contributed by atoms with Crippen molar-refractivity contribution in [1.29, 1.82) is 0 Å². The summed E-state index contributed by atoms with van der Waals surface area (Å²) in [7, 11) is -12.2. The third-order valence-corrected chi connectivity index (χ3v) is 11.4. The maximum Gasteiger partial charge on any atom is 0.296 e. The van der Waals surface area contributed by atoms with Gasteiger partial charge >= 0.3 is 0 Å². The molecule has 0 bridgehead atoms. The molecular formula is C40H40N6O12S3. The zero-order chi connectivity index (χ0) is 45.3. The number of fused-ring (bicyclic) bond motifs is 2. The number of carbonyl (C=O) groups is 1. The minimum atomic E-state index is -4.61. The van der Waals surface area contributed by atoms with Gasteiger partial charge in [0.25, 0.3) is 30.4 Å². The largest absolute Gasteiger partial charge is 0.507 e. The lowest BCUT2D eigenvalue weighted by Crippen LogP contribution is -2.05. The summed E-state index contributed by atoms with van der Waals surface area (Å²) < 4.78 is 101. The summed E-state index contributed by atoms with van der Waals surface area (Å²) in [6.45, 7) is 9.11. The van der Waals surface area contributed by atoms with Crippen LogP contribution in [0.15, 0.2) is 131 Å². The van der Waals surface area contributed by atoms with Gasteiger partial charge in [-0.25, -0.2) is 0 Å². The van der Waals surface area contributed by atoms with Gasteiger partial charge in [0.05, 0.1) is 40.4 Å². The molecule has 6 rings (SSSR count). The van der Waals surface area contributed by atoms with Crippen LogP contribution in [-0.4, -0.2) is 64.1 Å². The highest BCUT2D eigenvalue weighted by molar-refractivity contribution is 7.86. The Morgan fingerprint density at radius 1 is 0.656 bits per heavy atom. The van der Waals surface area contributed by atoms with Crippen LogP contribution in [0.3, 0.4) is 0 Å². The number of nitrogen functional groups attached to an aromatic ring is 1. The molecule has 0 spiro atoms. The number of aldehydes is 1. The molecule has 18 nitrogen and oxygen atoms in total. The van der Waals surface area contributed by atoms with Crippen molar-refractivity contribution in [2.75, 3.05) is 12.8 Å². The second-order valence-corrected chi connectivity index (χ2v) is 17.0. The number of anilines is 1. The number of aliphatic imine (C=N–C) groups is 1. The first-order chi connectivity index (χ1) is 28.7. The van der Waals surface area contributed by atoms with Gasteiger partial charge < -0.3 is 15.6 Å². The van der Waals surface area contributed by atoms with E-state index in [-0.39, 0.29) is 26.9 Å². The average Bonchev–Trinajstić information content (AvgIpc) is 3.22. The molecule has 0 saturated carbocycles. The molecule has 0 aliphatic rings. The van der Waals surface area contributed by atoms with E-state index in [4.69, 9.17) is 19.6 Å². The van der Waals surface area contributed by atoms with Crippen molar-refractivity contribution in [3.63, 3.8) is 0 Å². The number of carbonyl (C=O) groups excluding carboxylic acids is 1. The third-order valence-electron chi connectivity index (χ3n) is 8.66. The van der Waals surface area contributed by atoms with Gasteiger partial charge in [-0.2, -0.15) is 30.4 Å². The summed E-state index contributed by atoms with van der Waals surface area (Å²) in [4.78, 5) is 13.2. The number of azo groups is 2. The zero-order valence-corrected chi connectivity index (χ0v) is 35.4. The molecule has 0 radical (unpaired) electrons. The Kier molecular flexibility index (Phi) is 15.3. The Morgan fingerprint density at radius 3 is 1.74 bits per heavy atom. The minimum Gasteiger partial charge on any atom is -0.507 e. The van der Waals surface area contributed by atoms with Gasteiger partial charge in [-0.1, -0.05) is 32.8 Å². The van der Waals surface area contributed by atoms with Crippen molar-refractivity contribution in [1.82, 2.24) is 0 Å². The second-order valence-electron chi connectivity index (χ2n) is 12.8. The van der Waals surface area contributed by atoms with Crippen LogP contribution in [0.4, 0.5) is 34.1 Å². The molecule has 21 heteroatoms. The number of rotatable bonds is 11. The van der Waals surface area contributed by atoms with Gasteiger partial charge in [-0.3, -0.25) is 23.4 Å². The lowest BCUT2D eigenvalue weighted by atomic mass is 10.1. The van der Waals surface area contributed by atoms with E-state index in [0.717, 1.165) is 24.5 Å². The lowest BCUT2D eigenvalue weighted by Gasteiger charge is -2.11. The van der Waals surface area contributed by atoms with Crippen molar-refractivity contribution >= 4 is 99.0 Å². The first-order valence-corrected chi connectivity index (χ1v) is 22.1. The molecule has 0 saturated heterocycles. The molecule has 0 amide bonds. The van der Waals surface area contributed by atoms with Crippen LogP contribution in [0.1, 0.15) is 42.6 Å². The lowest BCUT2D eigenvalue weighted by molar-refractivity contribution is 0.112. The summed E-state index contributed by atoms with van der Waals surface area (Å²) in [5.74, 6) is -0.0358. The van der Waals surface area contributed by atoms with Gasteiger partial charge in [-0.05, 0) is 97.9 Å². The first kappa shape index (κ1) is 47.2. The molecule has 0 heterocycles. The predicted octanol–water partition coefficient (Wildman–Crippen LogP) is 9.81. The van der Waals surface area contributed by atoms with Crippen LogP contribution in [0.5, 0.6) is 11.5 Å². The first-order valence-electron chi connectivity index (χ1n) is 17.7. The van der Waals surface area contributed by atoms with Crippen LogP contribution in [0, 0.1) is 6.92 Å². The van der Waals surface area contributed by atoms with Crippen LogP contribution < -0.4 is 10.5 Å². The maximum absolute atomic E-state index is 11.8. The Labute approximate surface area is 351 Å². The Balaban J connectivity index is 0.000000277. The number of nitrogens with zero attached hydrogens (tertiary/aromatic N) is 5. The highest BCUT2D eigenvalue weighted by Crippen LogP contribution is 2.39. The third kappa shape index (κ3) is 11.8. The summed E-state index contributed by atoms with van der Waals surface area (Å²) in [5, 5.41) is 28.0. The molecule has 61 heavy (non-hydrogen) atoms.